The van der Waals surface area contributed by atoms with Gasteiger partial charge >= 0.3 is 0 Å². The van der Waals surface area contributed by atoms with Gasteiger partial charge in [0.25, 0.3) is 0 Å². The highest BCUT2D eigenvalue weighted by Crippen LogP contribution is 2.31. The molecular formula is C16H18Cl2FNO. The van der Waals surface area contributed by atoms with Crippen LogP contribution in [0.3, 0.4) is 0 Å². The number of hydrogen-bond donors (Lipinski definition) is 2. The summed E-state index contributed by atoms with van der Waals surface area (Å²) in [6, 6.07) is 13.7. The van der Waals surface area contributed by atoms with Crippen LogP contribution in [-0.4, -0.2) is 24.8 Å². The third kappa shape index (κ3) is 4.42. The van der Waals surface area contributed by atoms with Gasteiger partial charge in [-0.2, -0.15) is 0 Å². The van der Waals surface area contributed by atoms with Gasteiger partial charge in [-0.1, -0.05) is 41.9 Å². The molecule has 0 radical (unpaired) electrons. The molecule has 0 aromatic heterocycles. The van der Waals surface area contributed by atoms with Crippen molar-refractivity contribution < 1.29 is 9.50 Å². The summed E-state index contributed by atoms with van der Waals surface area (Å²) in [5.41, 5.74) is 1.27. The van der Waals surface area contributed by atoms with Crippen LogP contribution in [0.25, 0.3) is 0 Å². The number of rotatable bonds is 5. The summed E-state index contributed by atoms with van der Waals surface area (Å²) in [6.07, 6.45) is -0.740. The van der Waals surface area contributed by atoms with Gasteiger partial charge in [-0.25, -0.2) is 4.39 Å². The van der Waals surface area contributed by atoms with Gasteiger partial charge in [-0.15, -0.1) is 12.4 Å². The second-order valence-corrected chi connectivity index (χ2v) is 5.12. The Morgan fingerprint density at radius 1 is 1.19 bits per heavy atom. The van der Waals surface area contributed by atoms with Gasteiger partial charge in [0.2, 0.25) is 0 Å². The van der Waals surface area contributed by atoms with Crippen molar-refractivity contribution in [2.45, 2.75) is 12.0 Å². The summed E-state index contributed by atoms with van der Waals surface area (Å²) < 4.78 is 14.1. The van der Waals surface area contributed by atoms with Gasteiger partial charge in [0.1, 0.15) is 5.82 Å². The Morgan fingerprint density at radius 2 is 1.90 bits per heavy atom. The fraction of sp³-hybridized carbons (Fsp3) is 0.250. The van der Waals surface area contributed by atoms with Crippen LogP contribution in [0, 0.1) is 5.82 Å². The van der Waals surface area contributed by atoms with E-state index in [4.69, 9.17) is 11.6 Å². The summed E-state index contributed by atoms with van der Waals surface area (Å²) in [4.78, 5) is 0. The van der Waals surface area contributed by atoms with Crippen LogP contribution < -0.4 is 5.32 Å². The molecule has 2 N–H and O–H groups in total. The molecule has 0 aliphatic heterocycles. The van der Waals surface area contributed by atoms with Crippen LogP contribution in [0.15, 0.2) is 48.5 Å². The highest BCUT2D eigenvalue weighted by Gasteiger charge is 2.25. The highest BCUT2D eigenvalue weighted by atomic mass is 35.5. The Hall–Kier alpha value is -1.13. The minimum absolute atomic E-state index is 0. The third-order valence-electron chi connectivity index (χ3n) is 3.25. The van der Waals surface area contributed by atoms with Crippen molar-refractivity contribution in [3.05, 3.63) is 70.5 Å². The first kappa shape index (κ1) is 17.9. The number of likely N-dealkylation sites (N-methyl/N-ethyl adjacent to an activating group) is 1. The van der Waals surface area contributed by atoms with Crippen molar-refractivity contribution in [3.8, 4) is 0 Å². The predicted octanol–water partition coefficient (Wildman–Crippen LogP) is 3.61. The van der Waals surface area contributed by atoms with Crippen molar-refractivity contribution in [3.63, 3.8) is 0 Å². The monoisotopic (exact) mass is 329 g/mol. The maximum Gasteiger partial charge on any atom is 0.127 e. The minimum atomic E-state index is -0.740. The molecule has 2 unspecified atom stereocenters. The lowest BCUT2D eigenvalue weighted by Crippen LogP contribution is -2.30. The van der Waals surface area contributed by atoms with E-state index in [-0.39, 0.29) is 18.2 Å². The number of halogens is 3. The van der Waals surface area contributed by atoms with Crippen molar-refractivity contribution in [1.82, 2.24) is 5.32 Å². The molecule has 0 aliphatic rings. The maximum atomic E-state index is 14.1. The Kier molecular flexibility index (Phi) is 7.12. The van der Waals surface area contributed by atoms with E-state index in [0.717, 1.165) is 5.56 Å². The van der Waals surface area contributed by atoms with E-state index in [1.807, 2.05) is 6.07 Å². The van der Waals surface area contributed by atoms with Crippen molar-refractivity contribution in [2.24, 2.45) is 0 Å². The largest absolute Gasteiger partial charge is 0.391 e. The van der Waals surface area contributed by atoms with Crippen molar-refractivity contribution >= 4 is 24.0 Å². The van der Waals surface area contributed by atoms with Crippen LogP contribution in [0.1, 0.15) is 17.0 Å². The first-order valence-corrected chi connectivity index (χ1v) is 6.84. The van der Waals surface area contributed by atoms with E-state index in [1.165, 1.54) is 6.07 Å². The molecule has 2 rings (SSSR count). The summed E-state index contributed by atoms with van der Waals surface area (Å²) in [5.74, 6) is -0.782. The van der Waals surface area contributed by atoms with E-state index >= 15 is 0 Å². The zero-order valence-electron chi connectivity index (χ0n) is 11.6. The van der Waals surface area contributed by atoms with Gasteiger partial charge in [0, 0.05) is 17.5 Å². The summed E-state index contributed by atoms with van der Waals surface area (Å²) in [5, 5.41) is 13.8. The Balaban J connectivity index is 0.00000220. The molecule has 2 nitrogen and oxygen atoms in total. The van der Waals surface area contributed by atoms with Crippen LogP contribution in [0.2, 0.25) is 5.02 Å². The van der Waals surface area contributed by atoms with E-state index in [0.29, 0.717) is 17.1 Å². The standard InChI is InChI=1S/C16H17ClFNO.ClH/c1-19-10-15(20)16(11-5-4-6-12(17)9-11)13-7-2-3-8-14(13)18;/h2-9,15-16,19-20H,10H2,1H3;1H. The number of aliphatic hydroxyl groups is 1. The molecule has 0 saturated carbocycles. The average molecular weight is 330 g/mol. The molecule has 5 heteroatoms. The zero-order chi connectivity index (χ0) is 14.5. The van der Waals surface area contributed by atoms with Crippen LogP contribution in [0.4, 0.5) is 4.39 Å². The van der Waals surface area contributed by atoms with Crippen LogP contribution >= 0.6 is 24.0 Å². The molecule has 0 spiro atoms. The van der Waals surface area contributed by atoms with Gasteiger partial charge in [0.05, 0.1) is 6.10 Å². The van der Waals surface area contributed by atoms with E-state index < -0.39 is 12.0 Å². The second-order valence-electron chi connectivity index (χ2n) is 4.68. The zero-order valence-corrected chi connectivity index (χ0v) is 13.2. The molecule has 2 aromatic carbocycles. The first-order valence-electron chi connectivity index (χ1n) is 6.46. The lowest BCUT2D eigenvalue weighted by atomic mass is 9.86. The molecule has 0 fully saturated rings. The number of hydrogen-bond acceptors (Lipinski definition) is 2. The summed E-state index contributed by atoms with van der Waals surface area (Å²) >= 11 is 6.01. The molecule has 114 valence electrons. The van der Waals surface area contributed by atoms with Crippen LogP contribution in [-0.2, 0) is 0 Å². The van der Waals surface area contributed by atoms with Crippen molar-refractivity contribution in [1.29, 1.82) is 0 Å². The summed E-state index contributed by atoms with van der Waals surface area (Å²) in [7, 11) is 1.75. The molecule has 0 saturated heterocycles. The Morgan fingerprint density at radius 3 is 2.52 bits per heavy atom. The molecule has 21 heavy (non-hydrogen) atoms. The number of aliphatic hydroxyl groups excluding tert-OH is 1. The fourth-order valence-corrected chi connectivity index (χ4v) is 2.56. The molecule has 0 aliphatic carbocycles. The minimum Gasteiger partial charge on any atom is -0.391 e. The average Bonchev–Trinajstić information content (AvgIpc) is 2.42. The SMILES string of the molecule is CNCC(O)C(c1cccc(Cl)c1)c1ccccc1F.Cl. The van der Waals surface area contributed by atoms with Gasteiger partial charge in [-0.05, 0) is 36.4 Å². The smallest absolute Gasteiger partial charge is 0.127 e. The third-order valence-corrected chi connectivity index (χ3v) is 3.48. The van der Waals surface area contributed by atoms with E-state index in [9.17, 15) is 9.50 Å². The van der Waals surface area contributed by atoms with Gasteiger partial charge in [-0.3, -0.25) is 0 Å². The number of benzene rings is 2. The quantitative estimate of drug-likeness (QED) is 0.878. The second kappa shape index (κ2) is 8.35. The van der Waals surface area contributed by atoms with Crippen molar-refractivity contribution in [2.75, 3.05) is 13.6 Å². The Bertz CT molecular complexity index is 580. The topological polar surface area (TPSA) is 32.3 Å². The lowest BCUT2D eigenvalue weighted by Gasteiger charge is -2.24. The maximum absolute atomic E-state index is 14.1. The molecule has 2 atom stereocenters. The van der Waals surface area contributed by atoms with Gasteiger partial charge < -0.3 is 10.4 Å². The molecular weight excluding hydrogens is 312 g/mol. The van der Waals surface area contributed by atoms with E-state index in [2.05, 4.69) is 5.32 Å². The van der Waals surface area contributed by atoms with Crippen LogP contribution in [0.5, 0.6) is 0 Å². The lowest BCUT2D eigenvalue weighted by molar-refractivity contribution is 0.155. The normalized spacial score (nSPS) is 13.3. The Labute approximate surface area is 135 Å². The molecule has 0 bridgehead atoms. The predicted molar refractivity (Wildman–Crippen MR) is 86.9 cm³/mol. The number of nitrogens with one attached hydrogen (secondary N) is 1. The summed E-state index contributed by atoms with van der Waals surface area (Å²) in [6.45, 7) is 0.367. The van der Waals surface area contributed by atoms with E-state index in [1.54, 1.807) is 43.4 Å². The molecule has 0 heterocycles. The molecule has 0 amide bonds. The fourth-order valence-electron chi connectivity index (χ4n) is 2.36. The van der Waals surface area contributed by atoms with Gasteiger partial charge in [0.15, 0.2) is 0 Å². The highest BCUT2D eigenvalue weighted by molar-refractivity contribution is 6.30. The molecule has 2 aromatic rings. The first-order chi connectivity index (χ1) is 9.63.